The fourth-order valence-electron chi connectivity index (χ4n) is 3.86. The minimum absolute atomic E-state index is 0.00985. The van der Waals surface area contributed by atoms with Gasteiger partial charge in [-0.25, -0.2) is 12.7 Å². The summed E-state index contributed by atoms with van der Waals surface area (Å²) < 4.78 is 37.1. The molecule has 2 aliphatic heterocycles. The van der Waals surface area contributed by atoms with E-state index in [0.717, 1.165) is 23.5 Å². The molecule has 162 valence electrons. The molecule has 1 unspecified atom stereocenters. The molecule has 8 heteroatoms. The van der Waals surface area contributed by atoms with Crippen molar-refractivity contribution in [1.29, 1.82) is 0 Å². The van der Waals surface area contributed by atoms with Gasteiger partial charge >= 0.3 is 0 Å². The van der Waals surface area contributed by atoms with E-state index in [9.17, 15) is 13.2 Å². The molecule has 0 bridgehead atoms. The monoisotopic (exact) mass is 424 g/mol. The number of sulfonamides is 1. The molecule has 29 heavy (non-hydrogen) atoms. The number of amides is 1. The molecule has 0 radical (unpaired) electrons. The number of piperidine rings is 1. The molecule has 1 N–H and O–H groups in total. The average Bonchev–Trinajstić information content (AvgIpc) is 2.96. The summed E-state index contributed by atoms with van der Waals surface area (Å²) in [6, 6.07) is 5.71. The Hall–Kier alpha value is -1.80. The van der Waals surface area contributed by atoms with E-state index in [1.807, 2.05) is 18.2 Å². The zero-order chi connectivity index (χ0) is 21.0. The maximum atomic E-state index is 12.9. The summed E-state index contributed by atoms with van der Waals surface area (Å²) in [5.41, 5.74) is 0.989. The summed E-state index contributed by atoms with van der Waals surface area (Å²) in [6.45, 7) is 7.87. The maximum Gasteiger partial charge on any atom is 0.223 e. The van der Waals surface area contributed by atoms with Gasteiger partial charge < -0.3 is 14.8 Å². The number of hydrogen-bond acceptors (Lipinski definition) is 5. The SMILES string of the molecule is CCS(=O)(=O)N1CCC(C(=O)NC(c2ccc3c(c2)OCCCO3)C(C)C)CC1. The molecule has 2 heterocycles. The van der Waals surface area contributed by atoms with Crippen molar-refractivity contribution in [3.05, 3.63) is 23.8 Å². The zero-order valence-corrected chi connectivity index (χ0v) is 18.3. The average molecular weight is 425 g/mol. The third-order valence-corrected chi connectivity index (χ3v) is 7.56. The van der Waals surface area contributed by atoms with E-state index >= 15 is 0 Å². The Kier molecular flexibility index (Phi) is 7.05. The Balaban J connectivity index is 1.67. The highest BCUT2D eigenvalue weighted by Crippen LogP contribution is 2.34. The number of rotatable bonds is 6. The van der Waals surface area contributed by atoms with E-state index in [4.69, 9.17) is 9.47 Å². The molecule has 3 rings (SSSR count). The lowest BCUT2D eigenvalue weighted by Gasteiger charge is -2.32. The van der Waals surface area contributed by atoms with Crippen LogP contribution in [0.3, 0.4) is 0 Å². The first-order valence-corrected chi connectivity index (χ1v) is 12.1. The molecule has 1 aromatic carbocycles. The lowest BCUT2D eigenvalue weighted by atomic mass is 9.92. The molecule has 1 amide bonds. The highest BCUT2D eigenvalue weighted by Gasteiger charge is 2.31. The second-order valence-corrected chi connectivity index (χ2v) is 10.3. The number of benzene rings is 1. The Labute approximate surface area is 173 Å². The predicted molar refractivity (Wildman–Crippen MR) is 112 cm³/mol. The number of ether oxygens (including phenoxy) is 2. The van der Waals surface area contributed by atoms with Crippen molar-refractivity contribution in [2.75, 3.05) is 32.1 Å². The lowest BCUT2D eigenvalue weighted by molar-refractivity contribution is -0.127. The van der Waals surface area contributed by atoms with Gasteiger partial charge in [0, 0.05) is 25.4 Å². The summed E-state index contributed by atoms with van der Waals surface area (Å²) in [5, 5.41) is 3.19. The molecule has 0 aliphatic carbocycles. The number of hydrogen-bond donors (Lipinski definition) is 1. The first-order valence-electron chi connectivity index (χ1n) is 10.5. The second kappa shape index (κ2) is 9.34. The molecule has 1 atom stereocenters. The smallest absolute Gasteiger partial charge is 0.223 e. The predicted octanol–water partition coefficient (Wildman–Crippen LogP) is 2.72. The number of carbonyl (C=O) groups is 1. The molecule has 0 saturated carbocycles. The van der Waals surface area contributed by atoms with Crippen molar-refractivity contribution < 1.29 is 22.7 Å². The van der Waals surface area contributed by atoms with Crippen LogP contribution in [0.5, 0.6) is 11.5 Å². The van der Waals surface area contributed by atoms with Crippen molar-refractivity contribution in [3.63, 3.8) is 0 Å². The van der Waals surface area contributed by atoms with Gasteiger partial charge in [0.25, 0.3) is 0 Å². The fourth-order valence-corrected chi connectivity index (χ4v) is 4.99. The molecular formula is C21H32N2O5S. The van der Waals surface area contributed by atoms with Crippen LogP contribution in [0.2, 0.25) is 0 Å². The molecule has 7 nitrogen and oxygen atoms in total. The van der Waals surface area contributed by atoms with E-state index < -0.39 is 10.0 Å². The van der Waals surface area contributed by atoms with E-state index in [0.29, 0.717) is 39.1 Å². The Bertz CT molecular complexity index is 816. The van der Waals surface area contributed by atoms with Gasteiger partial charge in [0.2, 0.25) is 15.9 Å². The summed E-state index contributed by atoms with van der Waals surface area (Å²) >= 11 is 0. The number of carbonyl (C=O) groups excluding carboxylic acids is 1. The molecular weight excluding hydrogens is 392 g/mol. The third-order valence-electron chi connectivity index (χ3n) is 5.68. The van der Waals surface area contributed by atoms with Gasteiger partial charge in [0.15, 0.2) is 11.5 Å². The first-order chi connectivity index (χ1) is 13.8. The molecule has 0 aromatic heterocycles. The van der Waals surface area contributed by atoms with Gasteiger partial charge in [0.05, 0.1) is 25.0 Å². The van der Waals surface area contributed by atoms with Gasteiger partial charge in [-0.15, -0.1) is 0 Å². The largest absolute Gasteiger partial charge is 0.490 e. The normalized spacial score (nSPS) is 19.6. The van der Waals surface area contributed by atoms with Crippen LogP contribution in [-0.4, -0.2) is 50.7 Å². The van der Waals surface area contributed by atoms with Crippen LogP contribution in [0.1, 0.15) is 51.6 Å². The van der Waals surface area contributed by atoms with Crippen LogP contribution >= 0.6 is 0 Å². The Morgan fingerprint density at radius 2 is 1.83 bits per heavy atom. The third kappa shape index (κ3) is 5.22. The summed E-state index contributed by atoms with van der Waals surface area (Å²) in [6.07, 6.45) is 1.95. The van der Waals surface area contributed by atoms with Gasteiger partial charge in [-0.1, -0.05) is 19.9 Å². The van der Waals surface area contributed by atoms with Crippen LogP contribution in [0.25, 0.3) is 0 Å². The maximum absolute atomic E-state index is 12.9. The molecule has 0 spiro atoms. The topological polar surface area (TPSA) is 84.9 Å². The van der Waals surface area contributed by atoms with E-state index in [1.165, 1.54) is 4.31 Å². The van der Waals surface area contributed by atoms with Crippen LogP contribution in [0.15, 0.2) is 18.2 Å². The van der Waals surface area contributed by atoms with Crippen molar-refractivity contribution in [2.45, 2.75) is 46.1 Å². The van der Waals surface area contributed by atoms with Crippen LogP contribution < -0.4 is 14.8 Å². The van der Waals surface area contributed by atoms with Gasteiger partial charge in [-0.05, 0) is 43.4 Å². The molecule has 1 aromatic rings. The lowest BCUT2D eigenvalue weighted by Crippen LogP contribution is -2.44. The minimum atomic E-state index is -3.19. The van der Waals surface area contributed by atoms with Crippen LogP contribution in [-0.2, 0) is 14.8 Å². The summed E-state index contributed by atoms with van der Waals surface area (Å²) in [4.78, 5) is 12.9. The molecule has 1 saturated heterocycles. The summed E-state index contributed by atoms with van der Waals surface area (Å²) in [7, 11) is -3.19. The Morgan fingerprint density at radius 3 is 2.45 bits per heavy atom. The molecule has 2 aliphatic rings. The zero-order valence-electron chi connectivity index (χ0n) is 17.5. The van der Waals surface area contributed by atoms with E-state index in [2.05, 4.69) is 19.2 Å². The fraction of sp³-hybridized carbons (Fsp3) is 0.667. The van der Waals surface area contributed by atoms with Crippen molar-refractivity contribution >= 4 is 15.9 Å². The number of fused-ring (bicyclic) bond motifs is 1. The standard InChI is InChI=1S/C21H32N2O5S/c1-4-29(25,26)23-10-8-16(9-11-23)21(24)22-20(15(2)3)17-6-7-18-19(14-17)28-13-5-12-27-18/h6-7,14-16,20H,4-5,8-13H2,1-3H3,(H,22,24). The minimum Gasteiger partial charge on any atom is -0.490 e. The summed E-state index contributed by atoms with van der Waals surface area (Å²) in [5.74, 6) is 1.58. The second-order valence-electron chi connectivity index (χ2n) is 8.06. The van der Waals surface area contributed by atoms with Crippen LogP contribution in [0.4, 0.5) is 0 Å². The molecule has 1 fully saturated rings. The Morgan fingerprint density at radius 1 is 1.17 bits per heavy atom. The van der Waals surface area contributed by atoms with Crippen molar-refractivity contribution in [1.82, 2.24) is 9.62 Å². The van der Waals surface area contributed by atoms with Gasteiger partial charge in [-0.2, -0.15) is 0 Å². The van der Waals surface area contributed by atoms with Gasteiger partial charge in [0.1, 0.15) is 0 Å². The first kappa shape index (κ1) is 21.9. The number of nitrogens with one attached hydrogen (secondary N) is 1. The number of nitrogens with zero attached hydrogens (tertiary/aromatic N) is 1. The van der Waals surface area contributed by atoms with E-state index in [-0.39, 0.29) is 29.5 Å². The van der Waals surface area contributed by atoms with Crippen LogP contribution in [0, 0.1) is 11.8 Å². The quantitative estimate of drug-likeness (QED) is 0.759. The highest BCUT2D eigenvalue weighted by atomic mass is 32.2. The van der Waals surface area contributed by atoms with Gasteiger partial charge in [-0.3, -0.25) is 4.79 Å². The van der Waals surface area contributed by atoms with Crippen molar-refractivity contribution in [2.24, 2.45) is 11.8 Å². The highest BCUT2D eigenvalue weighted by molar-refractivity contribution is 7.89. The van der Waals surface area contributed by atoms with E-state index in [1.54, 1.807) is 6.92 Å². The van der Waals surface area contributed by atoms with Crippen molar-refractivity contribution in [3.8, 4) is 11.5 Å².